The molecule has 1 N–H and O–H groups in total. The van der Waals surface area contributed by atoms with E-state index in [0.29, 0.717) is 6.54 Å². The second kappa shape index (κ2) is 6.46. The molecule has 1 atom stereocenters. The highest BCUT2D eigenvalue weighted by molar-refractivity contribution is 7.21. The van der Waals surface area contributed by atoms with Gasteiger partial charge in [0.2, 0.25) is 5.91 Å². The van der Waals surface area contributed by atoms with Gasteiger partial charge >= 0.3 is 0 Å². The molecule has 0 radical (unpaired) electrons. The number of aromatic nitrogens is 1. The Hall–Kier alpha value is -2.18. The first-order valence-corrected chi connectivity index (χ1v) is 10.6. The van der Waals surface area contributed by atoms with Gasteiger partial charge < -0.3 is 9.32 Å². The summed E-state index contributed by atoms with van der Waals surface area (Å²) in [4.78, 5) is 19.7. The Kier molecular flexibility index (Phi) is 4.06. The molecule has 1 aromatic carbocycles. The van der Waals surface area contributed by atoms with Crippen LogP contribution in [-0.4, -0.2) is 27.9 Å². The normalized spacial score (nSPS) is 22.2. The molecule has 0 bridgehead atoms. The lowest BCUT2D eigenvalue weighted by atomic mass is 9.82. The van der Waals surface area contributed by atoms with Gasteiger partial charge in [0.1, 0.15) is 11.9 Å². The van der Waals surface area contributed by atoms with Gasteiger partial charge in [0, 0.05) is 6.54 Å². The molecular weight excluding hydrogens is 358 g/mol. The maximum absolute atomic E-state index is 13.1. The topological polar surface area (TPSA) is 58.4 Å². The van der Waals surface area contributed by atoms with Gasteiger partial charge in [0.05, 0.1) is 15.8 Å². The van der Waals surface area contributed by atoms with Crippen LogP contribution in [0.4, 0.5) is 0 Å². The summed E-state index contributed by atoms with van der Waals surface area (Å²) in [6.45, 7) is 2.71. The van der Waals surface area contributed by atoms with Crippen LogP contribution in [0.15, 0.2) is 40.8 Å². The Morgan fingerprint density at radius 3 is 2.81 bits per heavy atom. The van der Waals surface area contributed by atoms with Crippen molar-refractivity contribution in [2.45, 2.75) is 50.7 Å². The number of fused-ring (bicyclic) bond motifs is 1. The Morgan fingerprint density at radius 1 is 1.22 bits per heavy atom. The highest BCUT2D eigenvalue weighted by Gasteiger charge is 2.51. The maximum atomic E-state index is 13.1. The number of amides is 1. The Balaban J connectivity index is 1.47. The molecular formula is C21H23N3O2S. The molecule has 1 unspecified atom stereocenters. The molecule has 5 rings (SSSR count). The van der Waals surface area contributed by atoms with E-state index in [1.165, 1.54) is 6.42 Å². The van der Waals surface area contributed by atoms with Crippen LogP contribution in [0, 0.1) is 0 Å². The van der Waals surface area contributed by atoms with Crippen LogP contribution in [0.5, 0.6) is 0 Å². The van der Waals surface area contributed by atoms with Crippen LogP contribution in [0.1, 0.15) is 51.0 Å². The fourth-order valence-corrected chi connectivity index (χ4v) is 5.38. The summed E-state index contributed by atoms with van der Waals surface area (Å²) in [6.07, 6.45) is 5.09. The Labute approximate surface area is 162 Å². The van der Waals surface area contributed by atoms with E-state index < -0.39 is 5.54 Å². The number of rotatable bonds is 3. The number of nitrogens with zero attached hydrogens (tertiary/aromatic N) is 2. The zero-order valence-electron chi connectivity index (χ0n) is 15.4. The number of hydrogen-bond acceptors (Lipinski definition) is 5. The summed E-state index contributed by atoms with van der Waals surface area (Å²) >= 11 is 1.63. The number of likely N-dealkylation sites (N-methyl/N-ethyl adjacent to an activating group) is 1. The van der Waals surface area contributed by atoms with Crippen molar-refractivity contribution in [1.29, 1.82) is 0 Å². The molecule has 1 aliphatic heterocycles. The van der Waals surface area contributed by atoms with Crippen LogP contribution in [0.25, 0.3) is 21.0 Å². The molecule has 2 aromatic heterocycles. The van der Waals surface area contributed by atoms with Crippen molar-refractivity contribution in [3.8, 4) is 10.8 Å². The summed E-state index contributed by atoms with van der Waals surface area (Å²) in [7, 11) is 0. The number of nitrogens with one attached hydrogen (secondary N) is 1. The number of hydrogen-bond donors (Lipinski definition) is 1. The Bertz CT molecular complexity index is 953. The second-order valence-corrected chi connectivity index (χ2v) is 8.50. The molecule has 1 amide bonds. The molecule has 2 aliphatic rings. The quantitative estimate of drug-likeness (QED) is 0.714. The van der Waals surface area contributed by atoms with E-state index in [0.717, 1.165) is 52.4 Å². The first-order valence-electron chi connectivity index (χ1n) is 9.75. The van der Waals surface area contributed by atoms with E-state index in [1.807, 2.05) is 42.2 Å². The third-order valence-electron chi connectivity index (χ3n) is 5.84. The van der Waals surface area contributed by atoms with Crippen molar-refractivity contribution in [3.63, 3.8) is 0 Å². The van der Waals surface area contributed by atoms with Crippen molar-refractivity contribution in [3.05, 3.63) is 42.2 Å². The van der Waals surface area contributed by atoms with E-state index in [1.54, 1.807) is 11.3 Å². The summed E-state index contributed by atoms with van der Waals surface area (Å²) in [6, 6.07) is 12.1. The summed E-state index contributed by atoms with van der Waals surface area (Å²) in [5.74, 6) is 1.79. The number of benzene rings is 1. The van der Waals surface area contributed by atoms with Crippen molar-refractivity contribution in [2.24, 2.45) is 0 Å². The largest absolute Gasteiger partial charge is 0.455 e. The van der Waals surface area contributed by atoms with Gasteiger partial charge in [-0.3, -0.25) is 10.1 Å². The van der Waals surface area contributed by atoms with E-state index in [-0.39, 0.29) is 12.1 Å². The van der Waals surface area contributed by atoms with E-state index in [9.17, 15) is 4.79 Å². The molecule has 1 spiro atoms. The summed E-state index contributed by atoms with van der Waals surface area (Å²) in [5, 5.41) is 4.51. The molecule has 6 heteroatoms. The summed E-state index contributed by atoms with van der Waals surface area (Å²) < 4.78 is 7.34. The van der Waals surface area contributed by atoms with Gasteiger partial charge in [-0.15, -0.1) is 11.3 Å². The molecule has 1 saturated carbocycles. The molecule has 2 fully saturated rings. The van der Waals surface area contributed by atoms with Crippen LogP contribution >= 0.6 is 11.3 Å². The Morgan fingerprint density at radius 2 is 2.04 bits per heavy atom. The minimum atomic E-state index is -0.401. The zero-order valence-corrected chi connectivity index (χ0v) is 16.2. The lowest BCUT2D eigenvalue weighted by Crippen LogP contribution is -2.48. The van der Waals surface area contributed by atoms with Gasteiger partial charge in [-0.25, -0.2) is 4.98 Å². The molecule has 140 valence electrons. The second-order valence-electron chi connectivity index (χ2n) is 7.47. The molecule has 1 saturated heterocycles. The first kappa shape index (κ1) is 17.0. The lowest BCUT2D eigenvalue weighted by Gasteiger charge is -2.31. The average Bonchev–Trinajstić information content (AvgIpc) is 3.40. The predicted octanol–water partition coefficient (Wildman–Crippen LogP) is 4.71. The van der Waals surface area contributed by atoms with E-state index in [4.69, 9.17) is 4.42 Å². The fraction of sp³-hybridized carbons (Fsp3) is 0.429. The van der Waals surface area contributed by atoms with Crippen LogP contribution in [0.3, 0.4) is 0 Å². The highest BCUT2D eigenvalue weighted by atomic mass is 32.1. The third-order valence-corrected chi connectivity index (χ3v) is 6.89. The number of carbonyl (C=O) groups is 1. The highest BCUT2D eigenvalue weighted by Crippen LogP contribution is 2.41. The van der Waals surface area contributed by atoms with Crippen molar-refractivity contribution in [2.75, 3.05) is 6.54 Å². The van der Waals surface area contributed by atoms with Crippen LogP contribution in [0.2, 0.25) is 0 Å². The van der Waals surface area contributed by atoms with Gasteiger partial charge in [0.15, 0.2) is 10.8 Å². The van der Waals surface area contributed by atoms with Crippen LogP contribution in [-0.2, 0) is 4.79 Å². The fourth-order valence-electron chi connectivity index (χ4n) is 4.45. The molecule has 27 heavy (non-hydrogen) atoms. The number of thiazole rings is 1. The lowest BCUT2D eigenvalue weighted by molar-refractivity contribution is -0.134. The number of carbonyl (C=O) groups excluding carboxylic acids is 1. The monoisotopic (exact) mass is 381 g/mol. The molecule has 3 aromatic rings. The first-order chi connectivity index (χ1) is 13.2. The predicted molar refractivity (Wildman–Crippen MR) is 106 cm³/mol. The third kappa shape index (κ3) is 2.70. The maximum Gasteiger partial charge on any atom is 0.244 e. The molecule has 1 aliphatic carbocycles. The summed E-state index contributed by atoms with van der Waals surface area (Å²) in [5.41, 5.74) is 0.586. The van der Waals surface area contributed by atoms with Gasteiger partial charge in [-0.05, 0) is 44.0 Å². The van der Waals surface area contributed by atoms with E-state index >= 15 is 0 Å². The molecule has 3 heterocycles. The van der Waals surface area contributed by atoms with Crippen molar-refractivity contribution in [1.82, 2.24) is 15.2 Å². The average molecular weight is 382 g/mol. The smallest absolute Gasteiger partial charge is 0.244 e. The number of para-hydroxylation sites is 1. The zero-order chi connectivity index (χ0) is 18.4. The standard InChI is InChI=1S/C21H23N3O2S/c1-2-24-18(23-21(20(24)25)12-6-3-7-13-21)15-10-11-16(26-15)19-22-14-8-4-5-9-17(14)27-19/h4-5,8-11,18,23H,2-3,6-7,12-13H2,1H3. The number of furan rings is 1. The van der Waals surface area contributed by atoms with Crippen LogP contribution < -0.4 is 5.32 Å². The van der Waals surface area contributed by atoms with E-state index in [2.05, 4.69) is 16.4 Å². The van der Waals surface area contributed by atoms with Crippen molar-refractivity contribution < 1.29 is 9.21 Å². The van der Waals surface area contributed by atoms with Gasteiger partial charge in [-0.1, -0.05) is 31.4 Å². The molecule has 5 nitrogen and oxygen atoms in total. The van der Waals surface area contributed by atoms with Gasteiger partial charge in [0.25, 0.3) is 0 Å². The SMILES string of the molecule is CCN1C(=O)C2(CCCCC2)NC1c1ccc(-c2nc3ccccc3s2)o1. The van der Waals surface area contributed by atoms with Gasteiger partial charge in [-0.2, -0.15) is 0 Å². The van der Waals surface area contributed by atoms with Crippen molar-refractivity contribution >= 4 is 27.5 Å². The minimum Gasteiger partial charge on any atom is -0.455 e. The minimum absolute atomic E-state index is 0.191.